The number of ether oxygens (including phenoxy) is 1. The van der Waals surface area contributed by atoms with E-state index in [2.05, 4.69) is 0 Å². The molecule has 0 saturated heterocycles. The van der Waals surface area contributed by atoms with E-state index < -0.39 is 0 Å². The molecular weight excluding hydrogens is 238 g/mol. The number of primary amides is 1. The number of nitrogens with two attached hydrogens (primary N) is 1. The zero-order chi connectivity index (χ0) is 12.8. The third-order valence-electron chi connectivity index (χ3n) is 2.57. The van der Waals surface area contributed by atoms with E-state index >= 15 is 0 Å². The van der Waals surface area contributed by atoms with Gasteiger partial charge in [-0.05, 0) is 11.6 Å². The van der Waals surface area contributed by atoms with Crippen molar-refractivity contribution < 1.29 is 9.53 Å². The van der Waals surface area contributed by atoms with Crippen molar-refractivity contribution in [2.24, 2.45) is 5.73 Å². The highest BCUT2D eigenvalue weighted by Crippen LogP contribution is 2.19. The fourth-order valence-corrected chi connectivity index (χ4v) is 1.71. The Balaban J connectivity index is 0.00000180. The Bertz CT molecular complexity index is 523. The minimum Gasteiger partial charge on any atom is -0.489 e. The van der Waals surface area contributed by atoms with Crippen LogP contribution in [0.5, 0.6) is 5.75 Å². The van der Waals surface area contributed by atoms with Crippen LogP contribution in [0.25, 0.3) is 0 Å². The first-order chi connectivity index (χ1) is 8.75. The lowest BCUT2D eigenvalue weighted by atomic mass is 10.1. The molecule has 2 N–H and O–H groups in total. The summed E-state index contributed by atoms with van der Waals surface area (Å²) >= 11 is 0. The van der Waals surface area contributed by atoms with Gasteiger partial charge >= 0.3 is 0 Å². The van der Waals surface area contributed by atoms with E-state index in [4.69, 9.17) is 10.5 Å². The van der Waals surface area contributed by atoms with Gasteiger partial charge in [-0.3, -0.25) is 4.79 Å². The SMILES string of the molecule is C.NC(=O)Cc1ccccc1OCc1ccccc1. The van der Waals surface area contributed by atoms with Gasteiger partial charge in [0.2, 0.25) is 5.91 Å². The van der Waals surface area contributed by atoms with E-state index in [1.807, 2.05) is 54.6 Å². The van der Waals surface area contributed by atoms with Gasteiger partial charge in [-0.15, -0.1) is 0 Å². The Kier molecular flexibility index (Phi) is 5.61. The summed E-state index contributed by atoms with van der Waals surface area (Å²) in [6.07, 6.45) is 0.199. The zero-order valence-corrected chi connectivity index (χ0v) is 10.0. The second-order valence-corrected chi connectivity index (χ2v) is 4.03. The molecule has 0 aliphatic rings. The average Bonchev–Trinajstić information content (AvgIpc) is 2.38. The van der Waals surface area contributed by atoms with E-state index in [1.54, 1.807) is 0 Å². The number of hydrogen-bond acceptors (Lipinski definition) is 2. The Labute approximate surface area is 114 Å². The molecule has 0 aliphatic heterocycles. The fraction of sp³-hybridized carbons (Fsp3) is 0.188. The molecule has 0 radical (unpaired) electrons. The highest BCUT2D eigenvalue weighted by molar-refractivity contribution is 5.77. The van der Waals surface area contributed by atoms with Crippen LogP contribution in [0.2, 0.25) is 0 Å². The normalized spacial score (nSPS) is 9.47. The zero-order valence-electron chi connectivity index (χ0n) is 10.0. The molecule has 0 bridgehead atoms. The standard InChI is InChI=1S/C15H15NO2.CH4/c16-15(17)10-13-8-4-5-9-14(13)18-11-12-6-2-1-3-7-12;/h1-9H,10-11H2,(H2,16,17);1H4. The van der Waals surface area contributed by atoms with Crippen LogP contribution in [0.3, 0.4) is 0 Å². The molecule has 2 aromatic carbocycles. The lowest BCUT2D eigenvalue weighted by molar-refractivity contribution is -0.117. The topological polar surface area (TPSA) is 52.3 Å². The number of carbonyl (C=O) groups excluding carboxylic acids is 1. The summed E-state index contributed by atoms with van der Waals surface area (Å²) in [5.74, 6) is 0.353. The van der Waals surface area contributed by atoms with E-state index in [0.717, 1.165) is 11.1 Å². The molecule has 0 atom stereocenters. The Morgan fingerprint density at radius 1 is 1.00 bits per heavy atom. The summed E-state index contributed by atoms with van der Waals surface area (Å²) in [7, 11) is 0. The largest absolute Gasteiger partial charge is 0.489 e. The van der Waals surface area contributed by atoms with Gasteiger partial charge in [0.15, 0.2) is 0 Å². The van der Waals surface area contributed by atoms with Gasteiger partial charge in [0, 0.05) is 5.56 Å². The second kappa shape index (κ2) is 7.21. The summed E-state index contributed by atoms with van der Waals surface area (Å²) in [5, 5.41) is 0. The summed E-state index contributed by atoms with van der Waals surface area (Å²) in [5.41, 5.74) is 7.12. The Morgan fingerprint density at radius 2 is 1.63 bits per heavy atom. The maximum Gasteiger partial charge on any atom is 0.221 e. The molecule has 1 amide bonds. The first-order valence-corrected chi connectivity index (χ1v) is 5.78. The minimum atomic E-state index is -0.356. The van der Waals surface area contributed by atoms with Crippen LogP contribution in [0, 0.1) is 0 Å². The van der Waals surface area contributed by atoms with Crippen LogP contribution in [-0.2, 0) is 17.8 Å². The monoisotopic (exact) mass is 257 g/mol. The molecule has 0 saturated carbocycles. The van der Waals surface area contributed by atoms with Crippen LogP contribution >= 0.6 is 0 Å². The van der Waals surface area contributed by atoms with Crippen molar-refractivity contribution in [1.82, 2.24) is 0 Å². The first kappa shape index (κ1) is 14.8. The molecule has 0 heterocycles. The molecule has 2 aromatic rings. The van der Waals surface area contributed by atoms with Gasteiger partial charge in [0.1, 0.15) is 12.4 Å². The lowest BCUT2D eigenvalue weighted by Crippen LogP contribution is -2.14. The molecule has 0 aliphatic carbocycles. The van der Waals surface area contributed by atoms with Crippen LogP contribution in [0.1, 0.15) is 18.6 Å². The molecule has 0 spiro atoms. The van der Waals surface area contributed by atoms with Crippen molar-refractivity contribution in [1.29, 1.82) is 0 Å². The maximum atomic E-state index is 11.0. The molecular formula is C16H19NO2. The van der Waals surface area contributed by atoms with Crippen molar-refractivity contribution in [3.05, 3.63) is 65.7 Å². The van der Waals surface area contributed by atoms with E-state index in [1.165, 1.54) is 0 Å². The molecule has 0 fully saturated rings. The lowest BCUT2D eigenvalue weighted by Gasteiger charge is -2.10. The third kappa shape index (κ3) is 4.47. The first-order valence-electron chi connectivity index (χ1n) is 5.78. The molecule has 19 heavy (non-hydrogen) atoms. The smallest absolute Gasteiger partial charge is 0.221 e. The van der Waals surface area contributed by atoms with Gasteiger partial charge in [-0.2, -0.15) is 0 Å². The van der Waals surface area contributed by atoms with Gasteiger partial charge in [-0.1, -0.05) is 56.0 Å². The van der Waals surface area contributed by atoms with Crippen LogP contribution in [0.4, 0.5) is 0 Å². The van der Waals surface area contributed by atoms with Gasteiger partial charge < -0.3 is 10.5 Å². The van der Waals surface area contributed by atoms with Gasteiger partial charge in [0.05, 0.1) is 6.42 Å². The van der Waals surface area contributed by atoms with E-state index in [9.17, 15) is 4.79 Å². The van der Waals surface area contributed by atoms with Crippen molar-refractivity contribution in [3.8, 4) is 5.75 Å². The average molecular weight is 257 g/mol. The van der Waals surface area contributed by atoms with E-state index in [-0.39, 0.29) is 19.8 Å². The predicted molar refractivity (Wildman–Crippen MR) is 76.8 cm³/mol. The molecule has 0 unspecified atom stereocenters. The number of para-hydroxylation sites is 1. The molecule has 0 aromatic heterocycles. The number of rotatable bonds is 5. The Hall–Kier alpha value is -2.29. The van der Waals surface area contributed by atoms with Crippen molar-refractivity contribution >= 4 is 5.91 Å². The van der Waals surface area contributed by atoms with Gasteiger partial charge in [-0.25, -0.2) is 0 Å². The van der Waals surface area contributed by atoms with Crippen LogP contribution in [-0.4, -0.2) is 5.91 Å². The Morgan fingerprint density at radius 3 is 2.32 bits per heavy atom. The highest BCUT2D eigenvalue weighted by atomic mass is 16.5. The van der Waals surface area contributed by atoms with Crippen LogP contribution < -0.4 is 10.5 Å². The van der Waals surface area contributed by atoms with Crippen molar-refractivity contribution in [2.75, 3.05) is 0 Å². The summed E-state index contributed by atoms with van der Waals surface area (Å²) in [6, 6.07) is 17.3. The molecule has 2 rings (SSSR count). The number of carbonyl (C=O) groups is 1. The van der Waals surface area contributed by atoms with E-state index in [0.29, 0.717) is 12.4 Å². The quantitative estimate of drug-likeness (QED) is 0.895. The number of benzene rings is 2. The maximum absolute atomic E-state index is 11.0. The molecule has 3 nitrogen and oxygen atoms in total. The highest BCUT2D eigenvalue weighted by Gasteiger charge is 2.05. The molecule has 3 heteroatoms. The summed E-state index contributed by atoms with van der Waals surface area (Å²) < 4.78 is 5.72. The second-order valence-electron chi connectivity index (χ2n) is 4.03. The number of hydrogen-bond donors (Lipinski definition) is 1. The summed E-state index contributed by atoms with van der Waals surface area (Å²) in [4.78, 5) is 11.0. The summed E-state index contributed by atoms with van der Waals surface area (Å²) in [6.45, 7) is 0.483. The number of amides is 1. The van der Waals surface area contributed by atoms with Gasteiger partial charge in [0.25, 0.3) is 0 Å². The van der Waals surface area contributed by atoms with Crippen LogP contribution in [0.15, 0.2) is 54.6 Å². The molecule has 100 valence electrons. The third-order valence-corrected chi connectivity index (χ3v) is 2.57. The fourth-order valence-electron chi connectivity index (χ4n) is 1.71. The van der Waals surface area contributed by atoms with Crippen molar-refractivity contribution in [3.63, 3.8) is 0 Å². The minimum absolute atomic E-state index is 0. The predicted octanol–water partition coefficient (Wildman–Crippen LogP) is 2.93. The van der Waals surface area contributed by atoms with Crippen molar-refractivity contribution in [2.45, 2.75) is 20.5 Å².